The number of nitrogens with one attached hydrogen (secondary N) is 3. The highest BCUT2D eigenvalue weighted by Gasteiger charge is 2.36. The Morgan fingerprint density at radius 1 is 1.18 bits per heavy atom. The van der Waals surface area contributed by atoms with Crippen molar-refractivity contribution in [2.45, 2.75) is 29.2 Å². The minimum atomic E-state index is -4.73. The molecule has 0 amide bonds. The number of alkyl halides is 3. The number of aromatic nitrogens is 3. The lowest BCUT2D eigenvalue weighted by molar-refractivity contribution is -0.137. The van der Waals surface area contributed by atoms with E-state index >= 15 is 0 Å². The van der Waals surface area contributed by atoms with Crippen molar-refractivity contribution in [3.8, 4) is 11.1 Å². The van der Waals surface area contributed by atoms with Crippen LogP contribution < -0.4 is 16.4 Å². The molecule has 0 saturated carbocycles. The quantitative estimate of drug-likeness (QED) is 0.417. The number of hydrogen-bond donors (Lipinski definition) is 4. The zero-order chi connectivity index (χ0) is 23.8. The minimum Gasteiger partial charge on any atom is -0.368 e. The first-order chi connectivity index (χ1) is 15.6. The lowest BCUT2D eigenvalue weighted by Crippen LogP contribution is -2.38. The smallest absolute Gasteiger partial charge is 0.368 e. The zero-order valence-corrected chi connectivity index (χ0v) is 18.7. The maximum atomic E-state index is 13.9. The highest BCUT2D eigenvalue weighted by molar-refractivity contribution is 7.92. The number of halogens is 4. The van der Waals surface area contributed by atoms with Crippen molar-refractivity contribution in [2.75, 3.05) is 24.1 Å². The molecular formula is C20H20ClF3N6O2S. The molecule has 3 aromatic rings. The molecule has 5 N–H and O–H groups in total. The summed E-state index contributed by atoms with van der Waals surface area (Å²) in [6.07, 6.45) is -3.45. The molecule has 0 aliphatic carbocycles. The van der Waals surface area contributed by atoms with Crippen LogP contribution in [0.5, 0.6) is 0 Å². The van der Waals surface area contributed by atoms with Gasteiger partial charge in [0.1, 0.15) is 0 Å². The van der Waals surface area contributed by atoms with Crippen LogP contribution in [0.15, 0.2) is 41.3 Å². The van der Waals surface area contributed by atoms with Crippen LogP contribution in [-0.2, 0) is 16.0 Å². The highest BCUT2D eigenvalue weighted by atomic mass is 35.5. The molecule has 13 heteroatoms. The van der Waals surface area contributed by atoms with Crippen molar-refractivity contribution >= 4 is 39.0 Å². The van der Waals surface area contributed by atoms with Crippen LogP contribution >= 0.6 is 11.6 Å². The van der Waals surface area contributed by atoms with Gasteiger partial charge in [-0.3, -0.25) is 0 Å². The Balaban J connectivity index is 1.70. The van der Waals surface area contributed by atoms with E-state index in [1.54, 1.807) is 0 Å². The van der Waals surface area contributed by atoms with E-state index in [9.17, 15) is 21.6 Å². The van der Waals surface area contributed by atoms with E-state index in [4.69, 9.17) is 17.3 Å². The molecule has 1 atom stereocenters. The monoisotopic (exact) mass is 500 g/mol. The fourth-order valence-corrected chi connectivity index (χ4v) is 5.79. The number of sulfone groups is 1. The van der Waals surface area contributed by atoms with E-state index < -0.39 is 26.8 Å². The Morgan fingerprint density at radius 3 is 2.48 bits per heavy atom. The molecule has 0 radical (unpaired) electrons. The predicted molar refractivity (Wildman–Crippen MR) is 119 cm³/mol. The number of nitrogen functional groups attached to an aromatic ring is 1. The van der Waals surface area contributed by atoms with Gasteiger partial charge >= 0.3 is 6.18 Å². The minimum absolute atomic E-state index is 0.00434. The lowest BCUT2D eigenvalue weighted by Gasteiger charge is -2.23. The maximum absolute atomic E-state index is 13.9. The molecule has 1 fully saturated rings. The third-order valence-electron chi connectivity index (χ3n) is 5.32. The maximum Gasteiger partial charge on any atom is 0.417 e. The van der Waals surface area contributed by atoms with Gasteiger partial charge < -0.3 is 16.4 Å². The molecule has 2 aromatic carbocycles. The molecule has 1 aromatic heterocycles. The van der Waals surface area contributed by atoms with Gasteiger partial charge in [0, 0.05) is 17.8 Å². The van der Waals surface area contributed by atoms with Crippen LogP contribution in [0.4, 0.5) is 30.8 Å². The van der Waals surface area contributed by atoms with Gasteiger partial charge in [-0.05, 0) is 49.2 Å². The van der Waals surface area contributed by atoms with Crippen LogP contribution in [-0.4, -0.2) is 41.9 Å². The van der Waals surface area contributed by atoms with E-state index in [-0.39, 0.29) is 38.6 Å². The van der Waals surface area contributed by atoms with Gasteiger partial charge in [0.2, 0.25) is 11.9 Å². The average molecular weight is 501 g/mol. The molecule has 1 aliphatic rings. The highest BCUT2D eigenvalue weighted by Crippen LogP contribution is 2.43. The number of piperidine rings is 1. The van der Waals surface area contributed by atoms with E-state index in [1.165, 1.54) is 30.3 Å². The Bertz CT molecular complexity index is 1260. The summed E-state index contributed by atoms with van der Waals surface area (Å²) in [6.45, 7) is 1.11. The summed E-state index contributed by atoms with van der Waals surface area (Å²) in [5, 5.41) is 11.0. The molecule has 4 rings (SSSR count). The standard InChI is InChI=1S/C20H20ClF3N6O2S/c21-16-9-12(27-19-28-18(25)29-30-19)8-15(20(22,23)24)17(16)11-3-5-13(6-4-11)33(31,32)14-2-1-7-26-10-14/h3-6,8-9,14,26H,1-2,7,10H2,(H4,25,27,28,29,30). The molecule has 0 bridgehead atoms. The second-order valence-corrected chi connectivity index (χ2v) is 10.2. The molecule has 1 unspecified atom stereocenters. The van der Waals surface area contributed by atoms with Gasteiger partial charge in [-0.2, -0.15) is 18.2 Å². The van der Waals surface area contributed by atoms with E-state index in [2.05, 4.69) is 25.8 Å². The fraction of sp³-hybridized carbons (Fsp3) is 0.300. The summed E-state index contributed by atoms with van der Waals surface area (Å²) in [4.78, 5) is 3.85. The molecule has 1 aliphatic heterocycles. The molecule has 33 heavy (non-hydrogen) atoms. The third-order valence-corrected chi connectivity index (χ3v) is 7.82. The first-order valence-electron chi connectivity index (χ1n) is 9.96. The topological polar surface area (TPSA) is 126 Å². The lowest BCUT2D eigenvalue weighted by atomic mass is 9.98. The van der Waals surface area contributed by atoms with E-state index in [1.807, 2.05) is 0 Å². The van der Waals surface area contributed by atoms with Crippen LogP contribution in [0.3, 0.4) is 0 Å². The second kappa shape index (κ2) is 8.84. The Hall–Kier alpha value is -2.83. The van der Waals surface area contributed by atoms with E-state index in [0.717, 1.165) is 19.0 Å². The number of benzene rings is 2. The van der Waals surface area contributed by atoms with Crippen LogP contribution in [0.25, 0.3) is 11.1 Å². The van der Waals surface area contributed by atoms with Gasteiger partial charge in [-0.15, -0.1) is 5.10 Å². The van der Waals surface area contributed by atoms with Crippen molar-refractivity contribution in [3.05, 3.63) is 47.0 Å². The van der Waals surface area contributed by atoms with Crippen molar-refractivity contribution < 1.29 is 21.6 Å². The Labute approximate surface area is 192 Å². The summed E-state index contributed by atoms with van der Waals surface area (Å²) in [5.74, 6) is -0.0217. The first kappa shape index (κ1) is 23.3. The normalized spacial score (nSPS) is 17.2. The predicted octanol–water partition coefficient (Wildman–Crippen LogP) is 4.00. The van der Waals surface area contributed by atoms with Crippen LogP contribution in [0, 0.1) is 0 Å². The van der Waals surface area contributed by atoms with E-state index in [0.29, 0.717) is 13.0 Å². The Kier molecular flexibility index (Phi) is 6.25. The van der Waals surface area contributed by atoms with Gasteiger partial charge in [-0.1, -0.05) is 23.7 Å². The summed E-state index contributed by atoms with van der Waals surface area (Å²) in [7, 11) is -3.60. The Morgan fingerprint density at radius 2 is 1.91 bits per heavy atom. The van der Waals surface area contributed by atoms with Crippen LogP contribution in [0.2, 0.25) is 5.02 Å². The summed E-state index contributed by atoms with van der Waals surface area (Å²) in [6, 6.07) is 7.49. The summed E-state index contributed by atoms with van der Waals surface area (Å²) in [5.41, 5.74) is 4.33. The largest absolute Gasteiger partial charge is 0.417 e. The SMILES string of the molecule is Nc1nc(Nc2cc(Cl)c(-c3ccc(S(=O)(=O)C4CCCNC4)cc3)c(C(F)(F)F)c2)n[nH]1. The molecular weight excluding hydrogens is 481 g/mol. The molecule has 8 nitrogen and oxygen atoms in total. The second-order valence-electron chi connectivity index (χ2n) is 7.59. The molecule has 2 heterocycles. The number of nitrogens with two attached hydrogens (primary N) is 1. The number of hydrogen-bond acceptors (Lipinski definition) is 7. The van der Waals surface area contributed by atoms with Gasteiger partial charge in [0.05, 0.1) is 20.7 Å². The van der Waals surface area contributed by atoms with Crippen molar-refractivity contribution in [3.63, 3.8) is 0 Å². The number of H-pyrrole nitrogens is 1. The van der Waals surface area contributed by atoms with Gasteiger partial charge in [0.15, 0.2) is 9.84 Å². The number of rotatable bonds is 5. The molecule has 0 spiro atoms. The van der Waals surface area contributed by atoms with Crippen molar-refractivity contribution in [2.24, 2.45) is 0 Å². The van der Waals surface area contributed by atoms with Gasteiger partial charge in [-0.25, -0.2) is 13.5 Å². The summed E-state index contributed by atoms with van der Waals surface area (Å²) < 4.78 is 67.4. The summed E-state index contributed by atoms with van der Waals surface area (Å²) >= 11 is 6.26. The number of nitrogens with zero attached hydrogens (tertiary/aromatic N) is 2. The molecule has 1 saturated heterocycles. The van der Waals surface area contributed by atoms with Gasteiger partial charge in [0.25, 0.3) is 0 Å². The number of aromatic amines is 1. The number of anilines is 3. The molecule has 176 valence electrons. The van der Waals surface area contributed by atoms with Crippen molar-refractivity contribution in [1.82, 2.24) is 20.5 Å². The average Bonchev–Trinajstić information content (AvgIpc) is 3.18. The van der Waals surface area contributed by atoms with Crippen molar-refractivity contribution in [1.29, 1.82) is 0 Å². The first-order valence-corrected chi connectivity index (χ1v) is 11.9. The van der Waals surface area contributed by atoms with Crippen LogP contribution in [0.1, 0.15) is 18.4 Å². The third kappa shape index (κ3) is 4.92. The zero-order valence-electron chi connectivity index (χ0n) is 17.1. The fourth-order valence-electron chi connectivity index (χ4n) is 3.74.